The molecule has 0 unspecified atom stereocenters. The Kier molecular flexibility index (Phi) is 8.66. The third-order valence-electron chi connectivity index (χ3n) is 3.47. The van der Waals surface area contributed by atoms with Crippen molar-refractivity contribution < 1.29 is 96.6 Å². The summed E-state index contributed by atoms with van der Waals surface area (Å²) in [5.74, 6) is -71.5. The van der Waals surface area contributed by atoms with Crippen molar-refractivity contribution in [2.24, 2.45) is 0 Å². The fourth-order valence-electron chi connectivity index (χ4n) is 1.54. The van der Waals surface area contributed by atoms with Crippen LogP contribution in [-0.4, -0.2) is 89.3 Å². The van der Waals surface area contributed by atoms with Gasteiger partial charge in [-0.2, -0.15) is 96.6 Å². The maximum atomic E-state index is 13.1. The van der Waals surface area contributed by atoms with Crippen molar-refractivity contribution in [1.29, 1.82) is 0 Å². The molecule has 0 nitrogen and oxygen atoms in total. The molecule has 0 fully saturated rings. The minimum Gasteiger partial charge on any atom is -0.192 e. The summed E-state index contributed by atoms with van der Waals surface area (Å²) in [5.41, 5.74) is 0. The first kappa shape index (κ1) is 34.6. The molecule has 0 saturated carbocycles. The van der Waals surface area contributed by atoms with Crippen molar-refractivity contribution in [2.75, 3.05) is 0 Å². The predicted molar refractivity (Wildman–Crippen MR) is 57.4 cm³/mol. The fraction of sp³-hybridized carbons (Fsp3) is 1.00. The van der Waals surface area contributed by atoms with Gasteiger partial charge in [0.1, 0.15) is 0 Å². The second-order valence-corrected chi connectivity index (χ2v) is 5.59. The summed E-state index contributed by atoms with van der Waals surface area (Å²) >= 11 is 0. The average molecular weight is 561 g/mol. The van der Waals surface area contributed by atoms with Crippen molar-refractivity contribution in [3.05, 3.63) is 0 Å². The van der Waals surface area contributed by atoms with Crippen molar-refractivity contribution >= 4 is 29.6 Å². The molecule has 0 aliphatic heterocycles. The third-order valence-corrected chi connectivity index (χ3v) is 3.47. The molecule has 0 aromatic carbocycles. The molecule has 0 N–H and O–H groups in total. The quantitative estimate of drug-likeness (QED) is 0.237. The van der Waals surface area contributed by atoms with Crippen molar-refractivity contribution in [3.63, 3.8) is 0 Å². The van der Waals surface area contributed by atoms with Crippen LogP contribution in [0, 0.1) is 0 Å². The van der Waals surface area contributed by atoms with Crippen LogP contribution in [0.5, 0.6) is 0 Å². The first-order valence-corrected chi connectivity index (χ1v) is 6.41. The summed E-state index contributed by atoms with van der Waals surface area (Å²) in [4.78, 5) is 0. The largest absolute Gasteiger partial charge is 0.460 e. The number of alkyl halides is 22. The molecule has 0 aromatic heterocycles. The molecule has 33 heavy (non-hydrogen) atoms. The number of rotatable bonds is 7. The topological polar surface area (TPSA) is 0 Å². The van der Waals surface area contributed by atoms with Gasteiger partial charge in [-0.3, -0.25) is 0 Å². The van der Waals surface area contributed by atoms with Gasteiger partial charge in [-0.25, -0.2) is 0 Å². The Hall–Kier alpha value is -0.540. The van der Waals surface area contributed by atoms with E-state index in [0.29, 0.717) is 0 Å². The molecular weight excluding hydrogens is 561 g/mol. The second kappa shape index (κ2) is 8.26. The first-order valence-electron chi connectivity index (χ1n) is 6.41. The Morgan fingerprint density at radius 3 is 0.364 bits per heavy atom. The standard InChI is InChI=1S/C10F22.Na/c11-1(12,3(15,16)5(19,20)7(23,24)9(27,28)29)2(13,14)4(17,18)6(21,22)8(25,26)10(30,31)32;. The number of hydrogen-bond acceptors (Lipinski definition) is 0. The van der Waals surface area contributed by atoms with Crippen molar-refractivity contribution in [1.82, 2.24) is 0 Å². The van der Waals surface area contributed by atoms with Crippen LogP contribution in [0.3, 0.4) is 0 Å². The zero-order chi connectivity index (χ0) is 27.0. The molecule has 195 valence electrons. The van der Waals surface area contributed by atoms with Gasteiger partial charge in [-0.05, 0) is 0 Å². The summed E-state index contributed by atoms with van der Waals surface area (Å²) in [6.07, 6.45) is -16.1. The van der Waals surface area contributed by atoms with E-state index in [1.165, 1.54) is 0 Å². The van der Waals surface area contributed by atoms with Crippen molar-refractivity contribution in [3.8, 4) is 0 Å². The Bertz CT molecular complexity index is 633. The van der Waals surface area contributed by atoms with Gasteiger partial charge in [-0.15, -0.1) is 0 Å². The predicted octanol–water partition coefficient (Wildman–Crippen LogP) is 6.81. The van der Waals surface area contributed by atoms with E-state index < -0.39 is 59.7 Å². The summed E-state index contributed by atoms with van der Waals surface area (Å²) in [5, 5.41) is 0. The minimum atomic E-state index is -9.24. The molecule has 0 aliphatic carbocycles. The van der Waals surface area contributed by atoms with E-state index in [4.69, 9.17) is 0 Å². The molecule has 0 atom stereocenters. The maximum absolute atomic E-state index is 13.1. The summed E-state index contributed by atoms with van der Waals surface area (Å²) in [6, 6.07) is 0. The van der Waals surface area contributed by atoms with Crippen LogP contribution >= 0.6 is 0 Å². The number of hydrogen-bond donors (Lipinski definition) is 0. The minimum absolute atomic E-state index is 0. The molecule has 0 bridgehead atoms. The molecule has 0 aliphatic rings. The molecule has 23 heteroatoms. The zero-order valence-corrected chi connectivity index (χ0v) is 16.3. The molecule has 0 amide bonds. The molecule has 0 aromatic rings. The molecule has 0 heterocycles. The Morgan fingerprint density at radius 1 is 0.182 bits per heavy atom. The van der Waals surface area contributed by atoms with Gasteiger partial charge in [0.25, 0.3) is 0 Å². The van der Waals surface area contributed by atoms with Gasteiger partial charge >= 0.3 is 59.7 Å². The van der Waals surface area contributed by atoms with E-state index in [0.717, 1.165) is 0 Å². The van der Waals surface area contributed by atoms with Crippen LogP contribution < -0.4 is 0 Å². The van der Waals surface area contributed by atoms with Crippen LogP contribution in [0.15, 0.2) is 0 Å². The summed E-state index contributed by atoms with van der Waals surface area (Å²) in [6.45, 7) is 0. The SMILES string of the molecule is FC(F)(F)C(F)(F)C(F)(F)C(F)(F)C(F)(F)C(F)(F)C(F)(F)C(F)(F)C(F)(F)C(F)(F)F.[Na]. The van der Waals surface area contributed by atoms with E-state index in [-0.39, 0.29) is 29.6 Å². The van der Waals surface area contributed by atoms with E-state index in [2.05, 4.69) is 0 Å². The van der Waals surface area contributed by atoms with E-state index >= 15 is 0 Å². The van der Waals surface area contributed by atoms with Gasteiger partial charge in [0, 0.05) is 29.6 Å². The Balaban J connectivity index is 0. The zero-order valence-electron chi connectivity index (χ0n) is 14.3. The fourth-order valence-corrected chi connectivity index (χ4v) is 1.54. The molecule has 0 rings (SSSR count). The Morgan fingerprint density at radius 2 is 0.273 bits per heavy atom. The van der Waals surface area contributed by atoms with Crippen LogP contribution in [0.1, 0.15) is 0 Å². The van der Waals surface area contributed by atoms with Crippen LogP contribution in [0.4, 0.5) is 96.6 Å². The van der Waals surface area contributed by atoms with Gasteiger partial charge in [0.05, 0.1) is 0 Å². The second-order valence-electron chi connectivity index (χ2n) is 5.59. The summed E-state index contributed by atoms with van der Waals surface area (Å²) < 4.78 is 276. The van der Waals surface area contributed by atoms with Crippen LogP contribution in [0.25, 0.3) is 0 Å². The van der Waals surface area contributed by atoms with Gasteiger partial charge in [0.2, 0.25) is 0 Å². The van der Waals surface area contributed by atoms with E-state index in [1.54, 1.807) is 0 Å². The van der Waals surface area contributed by atoms with Crippen molar-refractivity contribution in [2.45, 2.75) is 59.7 Å². The van der Waals surface area contributed by atoms with Gasteiger partial charge in [0.15, 0.2) is 0 Å². The molecular formula is C10F22Na. The normalized spacial score (nSPS) is 16.5. The van der Waals surface area contributed by atoms with Gasteiger partial charge < -0.3 is 0 Å². The van der Waals surface area contributed by atoms with Crippen LogP contribution in [-0.2, 0) is 0 Å². The summed E-state index contributed by atoms with van der Waals surface area (Å²) in [7, 11) is 0. The molecule has 0 saturated heterocycles. The average Bonchev–Trinajstić information content (AvgIpc) is 2.51. The van der Waals surface area contributed by atoms with Gasteiger partial charge in [-0.1, -0.05) is 0 Å². The smallest absolute Gasteiger partial charge is 0.192 e. The Labute approximate surface area is 186 Å². The molecule has 0 spiro atoms. The maximum Gasteiger partial charge on any atom is 0.460 e. The van der Waals surface area contributed by atoms with E-state index in [9.17, 15) is 96.6 Å². The monoisotopic (exact) mass is 561 g/mol. The van der Waals surface area contributed by atoms with Crippen LogP contribution in [0.2, 0.25) is 0 Å². The first-order chi connectivity index (χ1) is 13.2. The third kappa shape index (κ3) is 4.22. The van der Waals surface area contributed by atoms with E-state index in [1.807, 2.05) is 0 Å². The number of halogens is 22. The molecule has 1 radical (unpaired) electrons.